The van der Waals surface area contributed by atoms with Gasteiger partial charge in [0.05, 0.1) is 11.7 Å². The third-order valence-electron chi connectivity index (χ3n) is 2.91. The first-order valence-corrected chi connectivity index (χ1v) is 6.15. The lowest BCUT2D eigenvalue weighted by Crippen LogP contribution is -2.21. The van der Waals surface area contributed by atoms with Crippen molar-refractivity contribution in [1.82, 2.24) is 19.6 Å². The van der Waals surface area contributed by atoms with Gasteiger partial charge in [-0.15, -0.1) is 0 Å². The van der Waals surface area contributed by atoms with Crippen molar-refractivity contribution in [3.05, 3.63) is 29.7 Å². The molecule has 5 nitrogen and oxygen atoms in total. The molecule has 0 aliphatic heterocycles. The smallest absolute Gasteiger partial charge is 0.148 e. The molecule has 2 aromatic heterocycles. The van der Waals surface area contributed by atoms with Gasteiger partial charge in [0.1, 0.15) is 5.82 Å². The molecule has 0 atom stereocenters. The van der Waals surface area contributed by atoms with E-state index in [-0.39, 0.29) is 5.54 Å². The zero-order valence-electron chi connectivity index (χ0n) is 11.7. The zero-order valence-corrected chi connectivity index (χ0v) is 11.7. The normalized spacial score (nSPS) is 11.8. The lowest BCUT2D eigenvalue weighted by molar-refractivity contribution is 0.355. The fraction of sp³-hybridized carbons (Fsp3) is 0.538. The van der Waals surface area contributed by atoms with Gasteiger partial charge in [-0.2, -0.15) is 10.2 Å². The van der Waals surface area contributed by atoms with E-state index in [1.807, 2.05) is 35.6 Å². The molecule has 0 bridgehead atoms. The minimum atomic E-state index is 0.0276. The quantitative estimate of drug-likeness (QED) is 0.905. The Kier molecular flexibility index (Phi) is 3.15. The van der Waals surface area contributed by atoms with Crippen molar-refractivity contribution in [2.24, 2.45) is 7.05 Å². The average Bonchev–Trinajstić information content (AvgIpc) is 2.83. The molecule has 2 rings (SSSR count). The first-order chi connectivity index (χ1) is 8.36. The van der Waals surface area contributed by atoms with Gasteiger partial charge in [0.2, 0.25) is 0 Å². The molecule has 98 valence electrons. The van der Waals surface area contributed by atoms with Crippen molar-refractivity contribution in [2.45, 2.75) is 39.8 Å². The molecular formula is C13H21N5. The minimum absolute atomic E-state index is 0.0276. The van der Waals surface area contributed by atoms with Crippen LogP contribution in [0.4, 0.5) is 5.82 Å². The number of hydrogen-bond donors (Lipinski definition) is 1. The van der Waals surface area contributed by atoms with Crippen LogP contribution in [0.2, 0.25) is 0 Å². The molecular weight excluding hydrogens is 226 g/mol. The summed E-state index contributed by atoms with van der Waals surface area (Å²) in [5.41, 5.74) is 2.33. The first-order valence-electron chi connectivity index (χ1n) is 6.15. The van der Waals surface area contributed by atoms with Gasteiger partial charge in [0, 0.05) is 37.1 Å². The summed E-state index contributed by atoms with van der Waals surface area (Å²) in [6.45, 7) is 9.19. The molecule has 0 amide bonds. The fourth-order valence-corrected chi connectivity index (χ4v) is 1.66. The molecule has 1 N–H and O–H groups in total. The van der Waals surface area contributed by atoms with Crippen LogP contribution in [0.5, 0.6) is 0 Å². The van der Waals surface area contributed by atoms with E-state index in [1.54, 1.807) is 0 Å². The standard InChI is InChI=1S/C13H21N5/c1-10-6-12(16-17(10)5)14-7-11-8-15-18(9-11)13(2,3)4/h6,8-9H,7H2,1-5H3,(H,14,16). The summed E-state index contributed by atoms with van der Waals surface area (Å²) in [5.74, 6) is 0.901. The van der Waals surface area contributed by atoms with Gasteiger partial charge in [0.15, 0.2) is 0 Å². The van der Waals surface area contributed by atoms with E-state index in [0.29, 0.717) is 0 Å². The summed E-state index contributed by atoms with van der Waals surface area (Å²) in [6, 6.07) is 2.04. The molecule has 18 heavy (non-hydrogen) atoms. The van der Waals surface area contributed by atoms with Crippen LogP contribution >= 0.6 is 0 Å². The molecule has 0 fully saturated rings. The van der Waals surface area contributed by atoms with E-state index < -0.39 is 0 Å². The summed E-state index contributed by atoms with van der Waals surface area (Å²) in [5, 5.41) is 12.0. The summed E-state index contributed by atoms with van der Waals surface area (Å²) in [6.07, 6.45) is 3.97. The molecule has 0 spiro atoms. The van der Waals surface area contributed by atoms with Crippen LogP contribution in [0.15, 0.2) is 18.5 Å². The highest BCUT2D eigenvalue weighted by molar-refractivity contribution is 5.36. The van der Waals surface area contributed by atoms with E-state index >= 15 is 0 Å². The van der Waals surface area contributed by atoms with E-state index in [4.69, 9.17) is 0 Å². The van der Waals surface area contributed by atoms with Crippen molar-refractivity contribution in [2.75, 3.05) is 5.32 Å². The zero-order chi connectivity index (χ0) is 13.3. The number of aromatic nitrogens is 4. The van der Waals surface area contributed by atoms with Gasteiger partial charge < -0.3 is 5.32 Å². The van der Waals surface area contributed by atoms with E-state index in [0.717, 1.165) is 23.6 Å². The van der Waals surface area contributed by atoms with Gasteiger partial charge in [-0.1, -0.05) is 0 Å². The summed E-state index contributed by atoms with van der Waals surface area (Å²) < 4.78 is 3.84. The molecule has 0 aliphatic carbocycles. The van der Waals surface area contributed by atoms with Crippen molar-refractivity contribution in [1.29, 1.82) is 0 Å². The van der Waals surface area contributed by atoms with Gasteiger partial charge in [0.25, 0.3) is 0 Å². The Hall–Kier alpha value is -1.78. The number of aryl methyl sites for hydroxylation is 2. The lowest BCUT2D eigenvalue weighted by Gasteiger charge is -2.18. The van der Waals surface area contributed by atoms with Gasteiger partial charge in [-0.25, -0.2) is 0 Å². The van der Waals surface area contributed by atoms with Gasteiger partial charge in [-0.05, 0) is 27.7 Å². The van der Waals surface area contributed by atoms with Gasteiger partial charge >= 0.3 is 0 Å². The van der Waals surface area contributed by atoms with Crippen LogP contribution in [-0.2, 0) is 19.1 Å². The minimum Gasteiger partial charge on any atom is -0.364 e. The SMILES string of the molecule is Cc1cc(NCc2cnn(C(C)(C)C)c2)nn1C. The Bertz CT molecular complexity index is 510. The van der Waals surface area contributed by atoms with Crippen molar-refractivity contribution >= 4 is 5.82 Å². The topological polar surface area (TPSA) is 47.7 Å². The number of anilines is 1. The third kappa shape index (κ3) is 2.72. The average molecular weight is 247 g/mol. The maximum Gasteiger partial charge on any atom is 0.148 e. The highest BCUT2D eigenvalue weighted by Gasteiger charge is 2.13. The molecule has 2 aromatic rings. The molecule has 0 saturated carbocycles. The largest absolute Gasteiger partial charge is 0.364 e. The Morgan fingerprint density at radius 2 is 2.06 bits per heavy atom. The Morgan fingerprint density at radius 1 is 1.33 bits per heavy atom. The highest BCUT2D eigenvalue weighted by atomic mass is 15.3. The predicted octanol–water partition coefficient (Wildman–Crippen LogP) is 2.29. The second-order valence-corrected chi connectivity index (χ2v) is 5.61. The van der Waals surface area contributed by atoms with Crippen LogP contribution in [0.3, 0.4) is 0 Å². The summed E-state index contributed by atoms with van der Waals surface area (Å²) >= 11 is 0. The highest BCUT2D eigenvalue weighted by Crippen LogP contribution is 2.14. The fourth-order valence-electron chi connectivity index (χ4n) is 1.66. The Morgan fingerprint density at radius 3 is 2.56 bits per heavy atom. The predicted molar refractivity (Wildman–Crippen MR) is 72.5 cm³/mol. The Balaban J connectivity index is 2.00. The second-order valence-electron chi connectivity index (χ2n) is 5.61. The number of rotatable bonds is 3. The lowest BCUT2D eigenvalue weighted by atomic mass is 10.1. The number of hydrogen-bond acceptors (Lipinski definition) is 3. The molecule has 0 radical (unpaired) electrons. The molecule has 2 heterocycles. The van der Waals surface area contributed by atoms with Crippen molar-refractivity contribution in [3.63, 3.8) is 0 Å². The van der Waals surface area contributed by atoms with E-state index in [1.165, 1.54) is 0 Å². The molecule has 0 unspecified atom stereocenters. The molecule has 0 saturated heterocycles. The molecule has 5 heteroatoms. The van der Waals surface area contributed by atoms with Crippen molar-refractivity contribution in [3.8, 4) is 0 Å². The number of nitrogens with one attached hydrogen (secondary N) is 1. The number of nitrogens with zero attached hydrogens (tertiary/aromatic N) is 4. The van der Waals surface area contributed by atoms with E-state index in [9.17, 15) is 0 Å². The maximum absolute atomic E-state index is 4.37. The Labute approximate surface area is 108 Å². The second kappa shape index (κ2) is 4.48. The van der Waals surface area contributed by atoms with Crippen molar-refractivity contribution < 1.29 is 0 Å². The summed E-state index contributed by atoms with van der Waals surface area (Å²) in [7, 11) is 1.94. The first kappa shape index (κ1) is 12.7. The van der Waals surface area contributed by atoms with Crippen LogP contribution in [0, 0.1) is 6.92 Å². The third-order valence-corrected chi connectivity index (χ3v) is 2.91. The van der Waals surface area contributed by atoms with Gasteiger partial charge in [-0.3, -0.25) is 9.36 Å². The van der Waals surface area contributed by atoms with Crippen LogP contribution in [0.25, 0.3) is 0 Å². The maximum atomic E-state index is 4.37. The molecule has 0 aliphatic rings. The van der Waals surface area contributed by atoms with Crippen LogP contribution in [-0.4, -0.2) is 19.6 Å². The van der Waals surface area contributed by atoms with Crippen LogP contribution in [0.1, 0.15) is 32.0 Å². The molecule has 0 aromatic carbocycles. The van der Waals surface area contributed by atoms with E-state index in [2.05, 4.69) is 42.5 Å². The van der Waals surface area contributed by atoms with Crippen LogP contribution < -0.4 is 5.32 Å². The summed E-state index contributed by atoms with van der Waals surface area (Å²) in [4.78, 5) is 0. The monoisotopic (exact) mass is 247 g/mol.